The Morgan fingerprint density at radius 2 is 2.00 bits per heavy atom. The Hall–Kier alpha value is -1.20. The summed E-state index contributed by atoms with van der Waals surface area (Å²) in [5.41, 5.74) is 1.62. The Labute approximate surface area is 124 Å². The smallest absolute Gasteiger partial charge is 0.179 e. The van der Waals surface area contributed by atoms with Crippen LogP contribution in [0.3, 0.4) is 0 Å². The second-order valence-electron chi connectivity index (χ2n) is 3.84. The average molecular weight is 342 g/mol. The fraction of sp³-hybridized carbons (Fsp3) is 0.143. The van der Waals surface area contributed by atoms with Crippen LogP contribution < -0.4 is 9.46 Å². The first-order valence-electron chi connectivity index (χ1n) is 5.65. The molecular weight excluding hydrogens is 329 g/mol. The molecule has 2 nitrogen and oxygen atoms in total. The van der Waals surface area contributed by atoms with E-state index in [0.29, 0.717) is 16.8 Å². The molecule has 2 rings (SSSR count). The van der Waals surface area contributed by atoms with Gasteiger partial charge in [-0.15, -0.1) is 0 Å². The van der Waals surface area contributed by atoms with E-state index < -0.39 is 0 Å². The van der Waals surface area contributed by atoms with Crippen molar-refractivity contribution in [1.29, 1.82) is 0 Å². The molecule has 0 aromatic heterocycles. The Morgan fingerprint density at radius 1 is 1.26 bits per heavy atom. The molecule has 0 saturated carbocycles. The van der Waals surface area contributed by atoms with E-state index in [2.05, 4.69) is 20.7 Å². The maximum Gasteiger partial charge on any atom is 0.179 e. The lowest BCUT2D eigenvalue weighted by Gasteiger charge is -2.13. The van der Waals surface area contributed by atoms with Gasteiger partial charge in [0, 0.05) is 10.7 Å². The Bertz CT molecular complexity index is 551. The van der Waals surface area contributed by atoms with E-state index >= 15 is 0 Å². The number of anilines is 1. The van der Waals surface area contributed by atoms with Gasteiger partial charge in [-0.2, -0.15) is 0 Å². The van der Waals surface area contributed by atoms with E-state index in [1.54, 1.807) is 6.07 Å². The number of ether oxygens (including phenoxy) is 1. The molecule has 0 bridgehead atoms. The fourth-order valence-corrected chi connectivity index (χ4v) is 2.42. The molecular formula is C14H13BrFNOS. The highest BCUT2D eigenvalue weighted by Crippen LogP contribution is 2.33. The third-order valence-corrected chi connectivity index (χ3v) is 3.33. The van der Waals surface area contributed by atoms with Crippen LogP contribution >= 0.6 is 27.9 Å². The second-order valence-corrected chi connectivity index (χ2v) is 5.37. The summed E-state index contributed by atoms with van der Waals surface area (Å²) in [4.78, 5) is 0. The topological polar surface area (TPSA) is 21.3 Å². The van der Waals surface area contributed by atoms with Crippen molar-refractivity contribution in [2.45, 2.75) is 6.61 Å². The van der Waals surface area contributed by atoms with E-state index in [-0.39, 0.29) is 11.6 Å². The lowest BCUT2D eigenvalue weighted by Crippen LogP contribution is -2.00. The van der Waals surface area contributed by atoms with Crippen molar-refractivity contribution in [1.82, 2.24) is 0 Å². The minimum absolute atomic E-state index is 0.237. The molecule has 1 N–H and O–H groups in total. The fourth-order valence-electron chi connectivity index (χ4n) is 1.62. The minimum atomic E-state index is -0.387. The third-order valence-electron chi connectivity index (χ3n) is 2.45. The normalized spacial score (nSPS) is 10.3. The van der Waals surface area contributed by atoms with Gasteiger partial charge in [-0.05, 0) is 17.7 Å². The molecule has 100 valence electrons. The molecule has 0 radical (unpaired) electrons. The van der Waals surface area contributed by atoms with Crippen LogP contribution in [0.25, 0.3) is 0 Å². The number of rotatable bonds is 5. The van der Waals surface area contributed by atoms with E-state index in [9.17, 15) is 4.39 Å². The molecule has 19 heavy (non-hydrogen) atoms. The number of hydrogen-bond donors (Lipinski definition) is 1. The lowest BCUT2D eigenvalue weighted by molar-refractivity contribution is 0.292. The summed E-state index contributed by atoms with van der Waals surface area (Å²) < 4.78 is 23.2. The van der Waals surface area contributed by atoms with Crippen LogP contribution in [0.4, 0.5) is 10.1 Å². The first-order chi connectivity index (χ1) is 9.20. The molecule has 0 saturated heterocycles. The molecule has 0 heterocycles. The van der Waals surface area contributed by atoms with Crippen molar-refractivity contribution in [2.75, 3.05) is 11.0 Å². The van der Waals surface area contributed by atoms with Crippen LogP contribution in [0.2, 0.25) is 0 Å². The van der Waals surface area contributed by atoms with Crippen molar-refractivity contribution >= 4 is 33.6 Å². The first kappa shape index (κ1) is 14.2. The van der Waals surface area contributed by atoms with Gasteiger partial charge in [0.1, 0.15) is 6.61 Å². The summed E-state index contributed by atoms with van der Waals surface area (Å²) in [5.74, 6) is -0.150. The molecule has 0 unspecified atom stereocenters. The number of nitrogens with one attached hydrogen (secondary N) is 1. The number of benzene rings is 2. The van der Waals surface area contributed by atoms with Gasteiger partial charge in [0.2, 0.25) is 0 Å². The van der Waals surface area contributed by atoms with Gasteiger partial charge in [0.15, 0.2) is 11.6 Å². The summed E-state index contributed by atoms with van der Waals surface area (Å²) >= 11 is 4.66. The van der Waals surface area contributed by atoms with Crippen LogP contribution in [0.1, 0.15) is 5.56 Å². The quantitative estimate of drug-likeness (QED) is 0.785. The molecule has 0 aliphatic carbocycles. The van der Waals surface area contributed by atoms with Crippen LogP contribution in [-0.2, 0) is 6.61 Å². The minimum Gasteiger partial charge on any atom is -0.484 e. The van der Waals surface area contributed by atoms with Gasteiger partial charge in [0.25, 0.3) is 0 Å². The van der Waals surface area contributed by atoms with Crippen molar-refractivity contribution < 1.29 is 9.13 Å². The molecule has 0 aliphatic rings. The summed E-state index contributed by atoms with van der Waals surface area (Å²) in [6.45, 7) is 0.336. The number of halogens is 2. The molecule has 5 heteroatoms. The van der Waals surface area contributed by atoms with Crippen molar-refractivity contribution in [3.63, 3.8) is 0 Å². The van der Waals surface area contributed by atoms with E-state index in [0.717, 1.165) is 5.56 Å². The van der Waals surface area contributed by atoms with E-state index in [1.807, 2.05) is 36.6 Å². The monoisotopic (exact) mass is 341 g/mol. The van der Waals surface area contributed by atoms with Crippen LogP contribution in [0, 0.1) is 5.82 Å². The van der Waals surface area contributed by atoms with Gasteiger partial charge >= 0.3 is 0 Å². The Balaban J connectivity index is 2.19. The Morgan fingerprint density at radius 3 is 2.68 bits per heavy atom. The van der Waals surface area contributed by atoms with Gasteiger partial charge in [-0.1, -0.05) is 58.2 Å². The van der Waals surface area contributed by atoms with Gasteiger partial charge < -0.3 is 9.46 Å². The summed E-state index contributed by atoms with van der Waals surface area (Å²) in [6, 6.07) is 12.9. The average Bonchev–Trinajstić information content (AvgIpc) is 2.39. The van der Waals surface area contributed by atoms with E-state index in [4.69, 9.17) is 4.74 Å². The maximum absolute atomic E-state index is 13.9. The third kappa shape index (κ3) is 3.88. The van der Waals surface area contributed by atoms with E-state index in [1.165, 1.54) is 18.0 Å². The molecule has 2 aromatic carbocycles. The Kier molecular flexibility index (Phi) is 5.10. The summed E-state index contributed by atoms with van der Waals surface area (Å²) in [5, 5.41) is 0. The maximum atomic E-state index is 13.9. The molecule has 0 amide bonds. The largest absolute Gasteiger partial charge is 0.484 e. The predicted octanol–water partition coefficient (Wildman–Crippen LogP) is 4.86. The van der Waals surface area contributed by atoms with Gasteiger partial charge in [-0.25, -0.2) is 4.39 Å². The van der Waals surface area contributed by atoms with Crippen LogP contribution in [0.15, 0.2) is 46.9 Å². The number of hydrogen-bond acceptors (Lipinski definition) is 3. The predicted molar refractivity (Wildman–Crippen MR) is 82.0 cm³/mol. The highest BCUT2D eigenvalue weighted by molar-refractivity contribution is 9.10. The lowest BCUT2D eigenvalue weighted by atomic mass is 10.2. The standard InChI is InChI=1S/C14H13BrFNOS/c1-19-17-13-8-11(15)7-12(16)14(13)18-9-10-5-3-2-4-6-10/h2-8,17H,9H2,1H3. The van der Waals surface area contributed by atoms with Gasteiger partial charge in [0.05, 0.1) is 5.69 Å². The molecule has 2 aromatic rings. The van der Waals surface area contributed by atoms with Crippen LogP contribution in [-0.4, -0.2) is 6.26 Å². The summed E-state index contributed by atoms with van der Waals surface area (Å²) in [7, 11) is 0. The van der Waals surface area contributed by atoms with Gasteiger partial charge in [-0.3, -0.25) is 0 Å². The SMILES string of the molecule is CSNc1cc(Br)cc(F)c1OCc1ccccc1. The zero-order valence-corrected chi connectivity index (χ0v) is 12.7. The second kappa shape index (κ2) is 6.82. The highest BCUT2D eigenvalue weighted by atomic mass is 79.9. The molecule has 0 spiro atoms. The van der Waals surface area contributed by atoms with Crippen LogP contribution in [0.5, 0.6) is 5.75 Å². The zero-order valence-electron chi connectivity index (χ0n) is 10.3. The van der Waals surface area contributed by atoms with Crippen molar-refractivity contribution in [2.24, 2.45) is 0 Å². The van der Waals surface area contributed by atoms with Crippen molar-refractivity contribution in [3.8, 4) is 5.75 Å². The molecule has 0 aliphatic heterocycles. The highest BCUT2D eigenvalue weighted by Gasteiger charge is 2.12. The molecule has 0 fully saturated rings. The summed E-state index contributed by atoms with van der Waals surface area (Å²) in [6.07, 6.45) is 1.87. The zero-order chi connectivity index (χ0) is 13.7. The van der Waals surface area contributed by atoms with Crippen molar-refractivity contribution in [3.05, 3.63) is 58.3 Å². The first-order valence-corrected chi connectivity index (χ1v) is 7.67. The molecule has 0 atom stereocenters.